The predicted molar refractivity (Wildman–Crippen MR) is 69.5 cm³/mol. The van der Waals surface area contributed by atoms with Crippen LogP contribution in [0.15, 0.2) is 18.2 Å². The molecule has 1 aromatic carbocycles. The molecule has 1 aromatic rings. The Morgan fingerprint density at radius 2 is 2.21 bits per heavy atom. The van der Waals surface area contributed by atoms with E-state index in [1.807, 2.05) is 19.1 Å². The van der Waals surface area contributed by atoms with E-state index < -0.39 is 5.97 Å². The molecule has 2 fully saturated rings. The summed E-state index contributed by atoms with van der Waals surface area (Å²) < 4.78 is 10.9. The van der Waals surface area contributed by atoms with Crippen LogP contribution in [0.2, 0.25) is 0 Å². The number of aryl methyl sites for hydroxylation is 1. The van der Waals surface area contributed by atoms with Crippen LogP contribution in [0.1, 0.15) is 17.5 Å². The molecule has 1 N–H and O–H groups in total. The summed E-state index contributed by atoms with van der Waals surface area (Å²) in [6.45, 7) is 3.24. The second-order valence-corrected chi connectivity index (χ2v) is 5.64. The van der Waals surface area contributed by atoms with Gasteiger partial charge in [-0.3, -0.25) is 4.79 Å². The Bertz CT molecular complexity index is 519. The SMILES string of the molecule is COc1ccc(C)cc1C1(C2CC2C(=O)O)COC1. The molecule has 0 aromatic heterocycles. The average Bonchev–Trinajstić information content (AvgIpc) is 3.09. The third-order valence-electron chi connectivity index (χ3n) is 4.43. The maximum absolute atomic E-state index is 11.1. The van der Waals surface area contributed by atoms with Gasteiger partial charge in [0.1, 0.15) is 5.75 Å². The highest BCUT2D eigenvalue weighted by Gasteiger charge is 2.61. The summed E-state index contributed by atoms with van der Waals surface area (Å²) in [7, 11) is 1.66. The predicted octanol–water partition coefficient (Wildman–Crippen LogP) is 1.99. The van der Waals surface area contributed by atoms with Gasteiger partial charge in [-0.1, -0.05) is 17.7 Å². The van der Waals surface area contributed by atoms with Crippen LogP contribution in [0.3, 0.4) is 0 Å². The van der Waals surface area contributed by atoms with E-state index in [0.717, 1.165) is 23.3 Å². The molecular weight excluding hydrogens is 244 g/mol. The largest absolute Gasteiger partial charge is 0.496 e. The van der Waals surface area contributed by atoms with Gasteiger partial charge in [-0.25, -0.2) is 0 Å². The van der Waals surface area contributed by atoms with Crippen LogP contribution < -0.4 is 4.74 Å². The second-order valence-electron chi connectivity index (χ2n) is 5.64. The van der Waals surface area contributed by atoms with Gasteiger partial charge in [0.25, 0.3) is 0 Å². The van der Waals surface area contributed by atoms with Crippen LogP contribution in [0.25, 0.3) is 0 Å². The Morgan fingerprint density at radius 1 is 1.47 bits per heavy atom. The highest BCUT2D eigenvalue weighted by molar-refractivity contribution is 5.74. The molecule has 1 aliphatic heterocycles. The Kier molecular flexibility index (Phi) is 2.78. The monoisotopic (exact) mass is 262 g/mol. The van der Waals surface area contributed by atoms with E-state index in [1.54, 1.807) is 7.11 Å². The van der Waals surface area contributed by atoms with Crippen molar-refractivity contribution in [3.63, 3.8) is 0 Å². The summed E-state index contributed by atoms with van der Waals surface area (Å²) in [6.07, 6.45) is 0.746. The van der Waals surface area contributed by atoms with Gasteiger partial charge in [0.05, 0.1) is 26.2 Å². The number of hydrogen-bond acceptors (Lipinski definition) is 3. The molecule has 0 amide bonds. The molecule has 3 rings (SSSR count). The van der Waals surface area contributed by atoms with E-state index in [-0.39, 0.29) is 17.3 Å². The maximum Gasteiger partial charge on any atom is 0.306 e. The molecule has 4 heteroatoms. The summed E-state index contributed by atoms with van der Waals surface area (Å²) in [5.74, 6) is 0.0939. The molecule has 2 aliphatic rings. The van der Waals surface area contributed by atoms with Gasteiger partial charge in [0, 0.05) is 11.0 Å². The number of carbonyl (C=O) groups is 1. The third-order valence-corrected chi connectivity index (χ3v) is 4.43. The molecule has 2 atom stereocenters. The van der Waals surface area contributed by atoms with Gasteiger partial charge in [0.2, 0.25) is 0 Å². The smallest absolute Gasteiger partial charge is 0.306 e. The third kappa shape index (κ3) is 1.82. The van der Waals surface area contributed by atoms with E-state index in [2.05, 4.69) is 6.07 Å². The lowest BCUT2D eigenvalue weighted by molar-refractivity contribution is -0.140. The van der Waals surface area contributed by atoms with E-state index in [4.69, 9.17) is 14.6 Å². The zero-order chi connectivity index (χ0) is 13.6. The lowest BCUT2D eigenvalue weighted by atomic mass is 9.72. The van der Waals surface area contributed by atoms with Gasteiger partial charge < -0.3 is 14.6 Å². The van der Waals surface area contributed by atoms with E-state index in [9.17, 15) is 4.79 Å². The van der Waals surface area contributed by atoms with Crippen LogP contribution in [0.5, 0.6) is 5.75 Å². The normalized spacial score (nSPS) is 27.5. The van der Waals surface area contributed by atoms with Gasteiger partial charge in [-0.15, -0.1) is 0 Å². The zero-order valence-electron chi connectivity index (χ0n) is 11.2. The summed E-state index contributed by atoms with van der Waals surface area (Å²) >= 11 is 0. The van der Waals surface area contributed by atoms with Crippen LogP contribution in [-0.2, 0) is 14.9 Å². The number of methoxy groups -OCH3 is 1. The van der Waals surface area contributed by atoms with Crippen LogP contribution in [0, 0.1) is 18.8 Å². The Morgan fingerprint density at radius 3 is 2.68 bits per heavy atom. The van der Waals surface area contributed by atoms with Crippen molar-refractivity contribution in [2.75, 3.05) is 20.3 Å². The fourth-order valence-electron chi connectivity index (χ4n) is 3.18. The van der Waals surface area contributed by atoms with Crippen molar-refractivity contribution in [2.24, 2.45) is 11.8 Å². The first-order valence-electron chi connectivity index (χ1n) is 6.54. The molecule has 0 bridgehead atoms. The van der Waals surface area contributed by atoms with Gasteiger partial charge >= 0.3 is 5.97 Å². The first-order valence-corrected chi connectivity index (χ1v) is 6.54. The Balaban J connectivity index is 1.99. The minimum Gasteiger partial charge on any atom is -0.496 e. The Labute approximate surface area is 112 Å². The van der Waals surface area contributed by atoms with Crippen molar-refractivity contribution < 1.29 is 19.4 Å². The number of aliphatic carboxylic acids is 1. The lowest BCUT2D eigenvalue weighted by Crippen LogP contribution is -2.49. The summed E-state index contributed by atoms with van der Waals surface area (Å²) in [5, 5.41) is 9.16. The first-order chi connectivity index (χ1) is 9.08. The summed E-state index contributed by atoms with van der Waals surface area (Å²) in [6, 6.07) is 6.08. The minimum absolute atomic E-state index is 0.166. The van der Waals surface area contributed by atoms with Crippen molar-refractivity contribution in [2.45, 2.75) is 18.8 Å². The van der Waals surface area contributed by atoms with Crippen molar-refractivity contribution in [1.29, 1.82) is 0 Å². The topological polar surface area (TPSA) is 55.8 Å². The molecule has 0 spiro atoms. The van der Waals surface area contributed by atoms with Gasteiger partial charge in [0.15, 0.2) is 0 Å². The van der Waals surface area contributed by atoms with Crippen molar-refractivity contribution >= 4 is 5.97 Å². The van der Waals surface area contributed by atoms with Crippen LogP contribution in [-0.4, -0.2) is 31.4 Å². The van der Waals surface area contributed by atoms with E-state index >= 15 is 0 Å². The van der Waals surface area contributed by atoms with Gasteiger partial charge in [-0.2, -0.15) is 0 Å². The fraction of sp³-hybridized carbons (Fsp3) is 0.533. The van der Waals surface area contributed by atoms with E-state index in [1.165, 1.54) is 0 Å². The Hall–Kier alpha value is -1.55. The number of ether oxygens (including phenoxy) is 2. The molecule has 102 valence electrons. The molecule has 4 nitrogen and oxygen atoms in total. The molecular formula is C15H18O4. The molecule has 19 heavy (non-hydrogen) atoms. The number of carboxylic acid groups (broad SMARTS) is 1. The quantitative estimate of drug-likeness (QED) is 0.901. The molecule has 1 saturated heterocycles. The maximum atomic E-state index is 11.1. The first kappa shape index (κ1) is 12.5. The highest BCUT2D eigenvalue weighted by Crippen LogP contribution is 2.57. The molecule has 1 heterocycles. The molecule has 1 aliphatic carbocycles. The highest BCUT2D eigenvalue weighted by atomic mass is 16.5. The minimum atomic E-state index is -0.692. The number of rotatable bonds is 4. The second kappa shape index (κ2) is 4.23. The van der Waals surface area contributed by atoms with Crippen molar-refractivity contribution in [3.8, 4) is 5.75 Å². The average molecular weight is 262 g/mol. The molecule has 0 radical (unpaired) electrons. The fourth-order valence-corrected chi connectivity index (χ4v) is 3.18. The van der Waals surface area contributed by atoms with Crippen LogP contribution in [0.4, 0.5) is 0 Å². The molecule has 2 unspecified atom stereocenters. The number of benzene rings is 1. The molecule has 1 saturated carbocycles. The van der Waals surface area contributed by atoms with Crippen molar-refractivity contribution in [1.82, 2.24) is 0 Å². The standard InChI is InChI=1S/C15H18O4/c1-9-3-4-13(18-2)12(5-9)15(7-19-8-15)11-6-10(11)14(16)17/h3-5,10-11H,6-8H2,1-2H3,(H,16,17). The lowest BCUT2D eigenvalue weighted by Gasteiger charge is -2.43. The van der Waals surface area contributed by atoms with E-state index in [0.29, 0.717) is 13.2 Å². The number of hydrogen-bond donors (Lipinski definition) is 1. The summed E-state index contributed by atoms with van der Waals surface area (Å²) in [5.41, 5.74) is 2.10. The zero-order valence-corrected chi connectivity index (χ0v) is 11.2. The van der Waals surface area contributed by atoms with Crippen LogP contribution >= 0.6 is 0 Å². The summed E-state index contributed by atoms with van der Waals surface area (Å²) in [4.78, 5) is 11.1. The number of carboxylic acids is 1. The van der Waals surface area contributed by atoms with Crippen molar-refractivity contribution in [3.05, 3.63) is 29.3 Å². The van der Waals surface area contributed by atoms with Gasteiger partial charge in [-0.05, 0) is 25.3 Å².